The van der Waals surface area contributed by atoms with Crippen LogP contribution in [-0.4, -0.2) is 43.2 Å². The first-order valence-corrected chi connectivity index (χ1v) is 10.9. The molecule has 1 N–H and O–H groups in total. The Balaban J connectivity index is 1.53. The van der Waals surface area contributed by atoms with E-state index in [2.05, 4.69) is 68.0 Å². The zero-order valence-electron chi connectivity index (χ0n) is 18.4. The molecule has 5 rings (SSSR count). The van der Waals surface area contributed by atoms with Crippen LogP contribution >= 0.6 is 0 Å². The Morgan fingerprint density at radius 3 is 2.84 bits per heavy atom. The Labute approximate surface area is 188 Å². The Morgan fingerprint density at radius 2 is 2.06 bits per heavy atom. The number of anilines is 4. The molecule has 1 aromatic carbocycles. The molecule has 2 aliphatic rings. The van der Waals surface area contributed by atoms with Crippen LogP contribution in [0.1, 0.15) is 12.8 Å². The molecule has 0 spiro atoms. The van der Waals surface area contributed by atoms with E-state index >= 15 is 0 Å². The van der Waals surface area contributed by atoms with Gasteiger partial charge in [0.2, 0.25) is 0 Å². The summed E-state index contributed by atoms with van der Waals surface area (Å²) in [5, 5.41) is 3.25. The Kier molecular flexibility index (Phi) is 5.17. The van der Waals surface area contributed by atoms with Crippen molar-refractivity contribution in [3.05, 3.63) is 72.9 Å². The highest BCUT2D eigenvalue weighted by Crippen LogP contribution is 2.41. The topological polar surface area (TPSA) is 47.5 Å². The maximum atomic E-state index is 13.3. The number of hydrogen-bond acceptors (Lipinski definition) is 6. The van der Waals surface area contributed by atoms with Gasteiger partial charge in [-0.05, 0) is 49.2 Å². The average Bonchev–Trinajstić information content (AvgIpc) is 2.80. The van der Waals surface area contributed by atoms with Crippen LogP contribution in [0.15, 0.2) is 67.1 Å². The summed E-state index contributed by atoms with van der Waals surface area (Å²) in [7, 11) is 4.07. The molecule has 2 aliphatic heterocycles. The van der Waals surface area contributed by atoms with Gasteiger partial charge in [0.05, 0.1) is 23.6 Å². The number of nitrogens with one attached hydrogen (secondary N) is 1. The van der Waals surface area contributed by atoms with Gasteiger partial charge >= 0.3 is 0 Å². The molecule has 7 heteroatoms. The lowest BCUT2D eigenvalue weighted by molar-refractivity contribution is 0.472. The molecule has 0 unspecified atom stereocenters. The Hall–Kier alpha value is -3.61. The zero-order valence-corrected chi connectivity index (χ0v) is 18.4. The van der Waals surface area contributed by atoms with Gasteiger partial charge in [0, 0.05) is 38.4 Å². The number of fused-ring (bicyclic) bond motifs is 4. The summed E-state index contributed by atoms with van der Waals surface area (Å²) in [4.78, 5) is 15.9. The number of hydrogen-bond donors (Lipinski definition) is 1. The molecule has 32 heavy (non-hydrogen) atoms. The van der Waals surface area contributed by atoms with E-state index in [1.54, 1.807) is 6.07 Å². The second-order valence-electron chi connectivity index (χ2n) is 8.53. The van der Waals surface area contributed by atoms with E-state index in [1.165, 1.54) is 12.3 Å². The van der Waals surface area contributed by atoms with Crippen LogP contribution < -0.4 is 20.0 Å². The molecule has 3 aromatic rings. The third-order valence-electron chi connectivity index (χ3n) is 6.13. The number of halogens is 1. The summed E-state index contributed by atoms with van der Waals surface area (Å²) in [5.41, 5.74) is 4.24. The monoisotopic (exact) mass is 430 g/mol. The zero-order chi connectivity index (χ0) is 22.2. The number of rotatable bonds is 5. The molecular weight excluding hydrogens is 403 g/mol. The molecular formula is C25H27FN6. The molecule has 0 saturated carbocycles. The van der Waals surface area contributed by atoms with Crippen molar-refractivity contribution in [3.63, 3.8) is 0 Å². The fourth-order valence-corrected chi connectivity index (χ4v) is 4.53. The SMILES string of the molecule is C=C(Nc1ccc(F)cn1)N1c2nc(-c3cccc(N(C)C)c3)ccc2N2CCC[C@H]1C2. The van der Waals surface area contributed by atoms with Gasteiger partial charge < -0.3 is 20.0 Å². The quantitative estimate of drug-likeness (QED) is 0.632. The van der Waals surface area contributed by atoms with Crippen molar-refractivity contribution in [2.45, 2.75) is 18.9 Å². The maximum Gasteiger partial charge on any atom is 0.158 e. The van der Waals surface area contributed by atoms with Crippen molar-refractivity contribution in [1.82, 2.24) is 9.97 Å². The van der Waals surface area contributed by atoms with E-state index in [0.29, 0.717) is 11.6 Å². The van der Waals surface area contributed by atoms with Crippen LogP contribution in [0.3, 0.4) is 0 Å². The Morgan fingerprint density at radius 1 is 1.19 bits per heavy atom. The number of piperidine rings is 1. The lowest BCUT2D eigenvalue weighted by Gasteiger charge is -2.47. The van der Waals surface area contributed by atoms with Crippen LogP contribution in [0.2, 0.25) is 0 Å². The third-order valence-corrected chi connectivity index (χ3v) is 6.13. The Bertz CT molecular complexity index is 1140. The molecule has 6 nitrogen and oxygen atoms in total. The predicted molar refractivity (Wildman–Crippen MR) is 129 cm³/mol. The normalized spacial score (nSPS) is 17.0. The van der Waals surface area contributed by atoms with E-state index in [1.807, 2.05) is 14.1 Å². The first kappa shape index (κ1) is 20.3. The second kappa shape index (κ2) is 8.15. The second-order valence-corrected chi connectivity index (χ2v) is 8.53. The summed E-state index contributed by atoms with van der Waals surface area (Å²) in [6, 6.07) is 15.9. The maximum absolute atomic E-state index is 13.3. The summed E-state index contributed by atoms with van der Waals surface area (Å²) in [6.45, 7) is 6.27. The summed E-state index contributed by atoms with van der Waals surface area (Å²) < 4.78 is 13.3. The summed E-state index contributed by atoms with van der Waals surface area (Å²) >= 11 is 0. The fraction of sp³-hybridized carbons (Fsp3) is 0.280. The third kappa shape index (κ3) is 3.75. The van der Waals surface area contributed by atoms with E-state index in [4.69, 9.17) is 4.98 Å². The van der Waals surface area contributed by atoms with Gasteiger partial charge in [-0.3, -0.25) is 0 Å². The van der Waals surface area contributed by atoms with Crippen molar-refractivity contribution >= 4 is 23.0 Å². The van der Waals surface area contributed by atoms with Crippen LogP contribution in [0.25, 0.3) is 11.3 Å². The number of benzene rings is 1. The highest BCUT2D eigenvalue weighted by molar-refractivity contribution is 5.78. The lowest BCUT2D eigenvalue weighted by Crippen LogP contribution is -2.53. The minimum atomic E-state index is -0.362. The highest BCUT2D eigenvalue weighted by atomic mass is 19.1. The van der Waals surface area contributed by atoms with E-state index in [-0.39, 0.29) is 11.9 Å². The van der Waals surface area contributed by atoms with Gasteiger partial charge in [-0.25, -0.2) is 14.4 Å². The van der Waals surface area contributed by atoms with Crippen molar-refractivity contribution in [2.24, 2.45) is 0 Å². The molecule has 164 valence electrons. The van der Waals surface area contributed by atoms with E-state index in [9.17, 15) is 4.39 Å². The highest BCUT2D eigenvalue weighted by Gasteiger charge is 2.36. The molecule has 1 atom stereocenters. The first-order valence-electron chi connectivity index (χ1n) is 10.9. The van der Waals surface area contributed by atoms with Crippen molar-refractivity contribution in [2.75, 3.05) is 47.2 Å². The largest absolute Gasteiger partial charge is 0.378 e. The number of pyridine rings is 2. The molecule has 2 aromatic heterocycles. The van der Waals surface area contributed by atoms with Crippen LogP contribution in [-0.2, 0) is 0 Å². The predicted octanol–water partition coefficient (Wildman–Crippen LogP) is 4.72. The van der Waals surface area contributed by atoms with Crippen LogP contribution in [0.4, 0.5) is 27.4 Å². The minimum Gasteiger partial charge on any atom is -0.378 e. The van der Waals surface area contributed by atoms with Crippen molar-refractivity contribution in [1.29, 1.82) is 0 Å². The smallest absolute Gasteiger partial charge is 0.158 e. The summed E-state index contributed by atoms with van der Waals surface area (Å²) in [6.07, 6.45) is 3.39. The molecule has 0 amide bonds. The minimum absolute atomic E-state index is 0.271. The van der Waals surface area contributed by atoms with Crippen LogP contribution in [0.5, 0.6) is 0 Å². The molecule has 1 saturated heterocycles. The van der Waals surface area contributed by atoms with Crippen LogP contribution in [0, 0.1) is 5.82 Å². The lowest BCUT2D eigenvalue weighted by atomic mass is 9.99. The molecule has 0 aliphatic carbocycles. The van der Waals surface area contributed by atoms with Crippen molar-refractivity contribution < 1.29 is 4.39 Å². The van der Waals surface area contributed by atoms with Gasteiger partial charge in [-0.15, -0.1) is 0 Å². The fourth-order valence-electron chi connectivity index (χ4n) is 4.53. The van der Waals surface area contributed by atoms with Gasteiger partial charge in [-0.2, -0.15) is 0 Å². The first-order chi connectivity index (χ1) is 15.5. The van der Waals surface area contributed by atoms with Gasteiger partial charge in [-0.1, -0.05) is 18.7 Å². The molecule has 2 bridgehead atoms. The van der Waals surface area contributed by atoms with Gasteiger partial charge in [0.25, 0.3) is 0 Å². The summed E-state index contributed by atoms with van der Waals surface area (Å²) in [5.74, 6) is 1.79. The van der Waals surface area contributed by atoms with E-state index < -0.39 is 0 Å². The molecule has 0 radical (unpaired) electrons. The standard InChI is InChI=1S/C25H27FN6/c1-17(28-24-12-9-19(26)15-27-24)32-21-8-5-13-31(16-21)23-11-10-22(29-25(23)32)18-6-4-7-20(14-18)30(2)3/h4,6-7,9-12,14-15,21H,1,5,8,13,16H2,2-3H3,(H,27,28)/t21-/m0/s1. The number of aromatic nitrogens is 2. The van der Waals surface area contributed by atoms with Crippen molar-refractivity contribution in [3.8, 4) is 11.3 Å². The van der Waals surface area contributed by atoms with Gasteiger partial charge in [0.15, 0.2) is 5.82 Å². The average molecular weight is 431 g/mol. The molecule has 1 fully saturated rings. The number of nitrogens with zero attached hydrogens (tertiary/aromatic N) is 5. The van der Waals surface area contributed by atoms with Gasteiger partial charge in [0.1, 0.15) is 17.5 Å². The van der Waals surface area contributed by atoms with E-state index in [0.717, 1.165) is 54.4 Å². The molecule has 4 heterocycles.